The van der Waals surface area contributed by atoms with Crippen molar-refractivity contribution in [3.63, 3.8) is 0 Å². The van der Waals surface area contributed by atoms with Gasteiger partial charge in [0.05, 0.1) is 41.4 Å². The molecule has 0 unspecified atom stereocenters. The lowest BCUT2D eigenvalue weighted by molar-refractivity contribution is -0.137. The lowest BCUT2D eigenvalue weighted by atomic mass is 10.1. The summed E-state index contributed by atoms with van der Waals surface area (Å²) in [6.45, 7) is 6.27. The molecule has 1 aliphatic rings. The summed E-state index contributed by atoms with van der Waals surface area (Å²) in [4.78, 5) is 20.0. The molecular weight excluding hydrogens is 463 g/mol. The third-order valence-corrected chi connectivity index (χ3v) is 6.32. The number of nitrogens with one attached hydrogen (secondary N) is 1. The van der Waals surface area contributed by atoms with Gasteiger partial charge in [-0.2, -0.15) is 18.3 Å². The molecule has 3 aromatic rings. The number of carbonyl (C=O) groups excluding carboxylic acids is 1. The number of carbonyl (C=O) groups is 1. The number of hydrogen-bond donors (Lipinski definition) is 3. The average Bonchev–Trinajstić information content (AvgIpc) is 3.45. The third-order valence-electron chi connectivity index (χ3n) is 6.32. The normalized spacial score (nSPS) is 18.1. The molecule has 0 bridgehead atoms. The summed E-state index contributed by atoms with van der Waals surface area (Å²) in [6, 6.07) is 3.91. The molecule has 9 nitrogen and oxygen atoms in total. The number of aliphatic hydroxyl groups excluding tert-OH is 1. The molecule has 1 amide bonds. The Kier molecular flexibility index (Phi) is 6.86. The molecule has 1 aliphatic heterocycles. The number of anilines is 1. The fourth-order valence-corrected chi connectivity index (χ4v) is 4.40. The largest absolute Gasteiger partial charge is 0.417 e. The van der Waals surface area contributed by atoms with Crippen LogP contribution in [0.1, 0.15) is 41.4 Å². The van der Waals surface area contributed by atoms with Crippen LogP contribution in [0.15, 0.2) is 36.8 Å². The minimum atomic E-state index is -4.41. The van der Waals surface area contributed by atoms with Crippen molar-refractivity contribution in [2.45, 2.75) is 38.7 Å². The Morgan fingerprint density at radius 3 is 2.69 bits per heavy atom. The summed E-state index contributed by atoms with van der Waals surface area (Å²) in [5, 5.41) is 16.9. The number of piperazine rings is 1. The van der Waals surface area contributed by atoms with Crippen molar-refractivity contribution in [3.05, 3.63) is 53.5 Å². The predicted octanol–water partition coefficient (Wildman–Crippen LogP) is 2.65. The third kappa shape index (κ3) is 5.17. The molecular formula is C23H28F3N7O2. The van der Waals surface area contributed by atoms with E-state index in [0.29, 0.717) is 43.3 Å². The first-order valence-corrected chi connectivity index (χ1v) is 11.3. The summed E-state index contributed by atoms with van der Waals surface area (Å²) < 4.78 is 40.4. The Labute approximate surface area is 200 Å². The topological polar surface area (TPSA) is 116 Å². The second-order valence-electron chi connectivity index (χ2n) is 8.87. The van der Waals surface area contributed by atoms with Gasteiger partial charge in [0.15, 0.2) is 0 Å². The number of hydrogen-bond acceptors (Lipinski definition) is 6. The van der Waals surface area contributed by atoms with Crippen LogP contribution in [0.2, 0.25) is 0 Å². The van der Waals surface area contributed by atoms with Crippen LogP contribution in [-0.4, -0.2) is 67.9 Å². The van der Waals surface area contributed by atoms with E-state index in [4.69, 9.17) is 5.73 Å². The fourth-order valence-electron chi connectivity index (χ4n) is 4.40. The molecule has 3 aromatic heterocycles. The zero-order valence-electron chi connectivity index (χ0n) is 19.5. The molecule has 2 atom stereocenters. The van der Waals surface area contributed by atoms with Crippen molar-refractivity contribution in [3.8, 4) is 11.4 Å². The summed E-state index contributed by atoms with van der Waals surface area (Å²) in [5.74, 6) is -0.0398. The number of alkyl halides is 3. The van der Waals surface area contributed by atoms with E-state index in [9.17, 15) is 23.1 Å². The van der Waals surface area contributed by atoms with Crippen molar-refractivity contribution in [2.24, 2.45) is 5.73 Å². The van der Waals surface area contributed by atoms with E-state index in [1.165, 1.54) is 6.07 Å². The first-order valence-electron chi connectivity index (χ1n) is 11.3. The van der Waals surface area contributed by atoms with Crippen LogP contribution in [0.25, 0.3) is 11.4 Å². The highest BCUT2D eigenvalue weighted by Crippen LogP contribution is 2.31. The Bertz CT molecular complexity index is 1170. The average molecular weight is 492 g/mol. The Hall–Kier alpha value is -3.38. The zero-order chi connectivity index (χ0) is 25.3. The Morgan fingerprint density at radius 2 is 2.09 bits per heavy atom. The lowest BCUT2D eigenvalue weighted by Gasteiger charge is -2.40. The molecule has 4 N–H and O–H groups in total. The van der Waals surface area contributed by atoms with Gasteiger partial charge in [-0.3, -0.25) is 14.8 Å². The first kappa shape index (κ1) is 24.7. The number of H-pyrrole nitrogens is 1. The minimum Gasteiger partial charge on any atom is -0.394 e. The van der Waals surface area contributed by atoms with Crippen LogP contribution < -0.4 is 10.6 Å². The molecule has 0 aliphatic carbocycles. The maximum Gasteiger partial charge on any atom is 0.417 e. The molecule has 1 saturated heterocycles. The van der Waals surface area contributed by atoms with Crippen LogP contribution in [-0.2, 0) is 12.7 Å². The first-order chi connectivity index (χ1) is 16.6. The summed E-state index contributed by atoms with van der Waals surface area (Å²) in [6.07, 6.45) is -0.185. The molecule has 35 heavy (non-hydrogen) atoms. The molecule has 4 rings (SSSR count). The number of aromatic nitrogens is 4. The molecule has 4 heterocycles. The quantitative estimate of drug-likeness (QED) is 0.468. The van der Waals surface area contributed by atoms with E-state index in [0.717, 1.165) is 23.5 Å². The highest BCUT2D eigenvalue weighted by molar-refractivity contribution is 5.94. The van der Waals surface area contributed by atoms with E-state index in [1.54, 1.807) is 23.0 Å². The number of primary amides is 1. The summed E-state index contributed by atoms with van der Waals surface area (Å²) in [5.41, 5.74) is 7.40. The van der Waals surface area contributed by atoms with Gasteiger partial charge >= 0.3 is 6.18 Å². The van der Waals surface area contributed by atoms with Gasteiger partial charge < -0.3 is 20.3 Å². The molecule has 12 heteroatoms. The van der Waals surface area contributed by atoms with Crippen LogP contribution in [0.3, 0.4) is 0 Å². The highest BCUT2D eigenvalue weighted by atomic mass is 19.4. The van der Waals surface area contributed by atoms with Crippen LogP contribution in [0, 0.1) is 0 Å². The van der Waals surface area contributed by atoms with Gasteiger partial charge in [-0.25, -0.2) is 4.98 Å². The second-order valence-corrected chi connectivity index (χ2v) is 8.87. The van der Waals surface area contributed by atoms with E-state index in [2.05, 4.69) is 20.1 Å². The lowest BCUT2D eigenvalue weighted by Crippen LogP contribution is -2.51. The van der Waals surface area contributed by atoms with Crippen molar-refractivity contribution in [2.75, 3.05) is 31.1 Å². The molecule has 1 fully saturated rings. The minimum absolute atomic E-state index is 0.0306. The van der Waals surface area contributed by atoms with Gasteiger partial charge in [0.1, 0.15) is 5.82 Å². The Balaban J connectivity index is 1.49. The number of halogens is 3. The molecule has 0 saturated carbocycles. The Morgan fingerprint density at radius 1 is 1.31 bits per heavy atom. The number of nitrogens with zero attached hydrogens (tertiary/aromatic N) is 5. The maximum atomic E-state index is 12.9. The zero-order valence-corrected chi connectivity index (χ0v) is 19.5. The van der Waals surface area contributed by atoms with Crippen molar-refractivity contribution in [1.82, 2.24) is 24.6 Å². The molecule has 0 radical (unpaired) electrons. The van der Waals surface area contributed by atoms with E-state index < -0.39 is 17.6 Å². The molecule has 0 spiro atoms. The standard InChI is InChI=1S/C23H28F3N7O2/c1-14-10-31(5-6-32(14)20-4-3-18(9-28-20)23(24,25)26)11-17-8-29-30-21(17)19-7-16(22(27)35)12-33(19)15(2)13-34/h3-4,7-9,12,14-15,34H,5-6,10-11,13H2,1-2H3,(H2,27,35)(H,29,30)/t14-,15+/m1/s1. The molecule has 0 aromatic carbocycles. The summed E-state index contributed by atoms with van der Waals surface area (Å²) >= 11 is 0. The molecule has 188 valence electrons. The van der Waals surface area contributed by atoms with E-state index in [-0.39, 0.29) is 18.7 Å². The van der Waals surface area contributed by atoms with Crippen molar-refractivity contribution >= 4 is 11.7 Å². The van der Waals surface area contributed by atoms with Gasteiger partial charge in [0.25, 0.3) is 0 Å². The van der Waals surface area contributed by atoms with E-state index >= 15 is 0 Å². The number of amides is 1. The van der Waals surface area contributed by atoms with Gasteiger partial charge in [-0.15, -0.1) is 0 Å². The van der Waals surface area contributed by atoms with Crippen LogP contribution in [0.4, 0.5) is 19.0 Å². The number of aliphatic hydroxyl groups is 1. The second kappa shape index (κ2) is 9.70. The van der Waals surface area contributed by atoms with Crippen LogP contribution in [0.5, 0.6) is 0 Å². The SMILES string of the molecule is C[C@@H]1CN(Cc2cn[nH]c2-c2cc(C(N)=O)cn2[C@@H](C)CO)CCN1c1ccc(C(F)(F)F)cn1. The predicted molar refractivity (Wildman–Crippen MR) is 124 cm³/mol. The number of aromatic amines is 1. The van der Waals surface area contributed by atoms with Gasteiger partial charge in [-0.05, 0) is 32.0 Å². The van der Waals surface area contributed by atoms with Crippen molar-refractivity contribution < 1.29 is 23.1 Å². The number of pyridine rings is 1. The van der Waals surface area contributed by atoms with Gasteiger partial charge in [0.2, 0.25) is 5.91 Å². The smallest absolute Gasteiger partial charge is 0.394 e. The number of rotatable bonds is 7. The number of nitrogens with two attached hydrogens (primary N) is 1. The van der Waals surface area contributed by atoms with Gasteiger partial charge in [0, 0.05) is 50.2 Å². The maximum absolute atomic E-state index is 12.9. The highest BCUT2D eigenvalue weighted by Gasteiger charge is 2.32. The monoisotopic (exact) mass is 491 g/mol. The fraction of sp³-hybridized carbons (Fsp3) is 0.435. The van der Waals surface area contributed by atoms with E-state index in [1.807, 2.05) is 18.7 Å². The van der Waals surface area contributed by atoms with Crippen molar-refractivity contribution in [1.29, 1.82) is 0 Å². The van der Waals surface area contributed by atoms with Gasteiger partial charge in [-0.1, -0.05) is 0 Å². The van der Waals surface area contributed by atoms with Crippen LogP contribution >= 0.6 is 0 Å². The summed E-state index contributed by atoms with van der Waals surface area (Å²) in [7, 11) is 0.